The van der Waals surface area contributed by atoms with Gasteiger partial charge in [0.25, 0.3) is 5.91 Å². The van der Waals surface area contributed by atoms with Crippen molar-refractivity contribution in [3.63, 3.8) is 0 Å². The van der Waals surface area contributed by atoms with E-state index in [1.807, 2.05) is 0 Å². The number of benzene rings is 1. The number of halogens is 2. The van der Waals surface area contributed by atoms with Gasteiger partial charge in [-0.25, -0.2) is 17.9 Å². The van der Waals surface area contributed by atoms with E-state index >= 15 is 0 Å². The number of thiophene rings is 1. The number of nitrogens with one attached hydrogen (secondary N) is 1. The molecule has 0 aliphatic rings. The first-order chi connectivity index (χ1) is 9.29. The van der Waals surface area contributed by atoms with Gasteiger partial charge in [-0.1, -0.05) is 11.6 Å². The molecule has 0 unspecified atom stereocenters. The number of hydrogen-bond donors (Lipinski definition) is 2. The van der Waals surface area contributed by atoms with Gasteiger partial charge in [-0.05, 0) is 29.6 Å². The molecule has 3 N–H and O–H groups in total. The van der Waals surface area contributed by atoms with Crippen molar-refractivity contribution in [1.29, 1.82) is 0 Å². The van der Waals surface area contributed by atoms with Crippen LogP contribution in [-0.4, -0.2) is 14.3 Å². The molecule has 2 aromatic rings. The smallest absolute Gasteiger partial charge is 0.267 e. The fraction of sp³-hybridized carbons (Fsp3) is 0. The Morgan fingerprint density at radius 1 is 1.35 bits per heavy atom. The molecule has 106 valence electrons. The summed E-state index contributed by atoms with van der Waals surface area (Å²) in [5.74, 6) is -1.41. The Balaban J connectivity index is 2.34. The summed E-state index contributed by atoms with van der Waals surface area (Å²) in [4.78, 5) is 11.8. The number of anilines is 1. The summed E-state index contributed by atoms with van der Waals surface area (Å²) < 4.78 is 36.0. The van der Waals surface area contributed by atoms with Crippen LogP contribution in [0.1, 0.15) is 9.67 Å². The van der Waals surface area contributed by atoms with Crippen LogP contribution in [0.2, 0.25) is 5.02 Å². The lowest BCUT2D eigenvalue weighted by Crippen LogP contribution is -2.15. The Labute approximate surface area is 123 Å². The normalized spacial score (nSPS) is 11.3. The second kappa shape index (κ2) is 5.49. The Morgan fingerprint density at radius 2 is 2.05 bits per heavy atom. The molecule has 1 aromatic heterocycles. The molecule has 0 fully saturated rings. The minimum absolute atomic E-state index is 0.201. The lowest BCUT2D eigenvalue weighted by molar-refractivity contribution is 0.103. The fourth-order valence-corrected chi connectivity index (χ4v) is 2.99. The van der Waals surface area contributed by atoms with Gasteiger partial charge in [0.15, 0.2) is 0 Å². The highest BCUT2D eigenvalue weighted by atomic mass is 35.5. The lowest BCUT2D eigenvalue weighted by Gasteiger charge is -2.07. The molecule has 0 spiro atoms. The fourth-order valence-electron chi connectivity index (χ4n) is 1.41. The molecule has 0 aliphatic heterocycles. The van der Waals surface area contributed by atoms with E-state index in [1.165, 1.54) is 6.07 Å². The average Bonchev–Trinajstić information content (AvgIpc) is 2.77. The second-order valence-electron chi connectivity index (χ2n) is 3.74. The summed E-state index contributed by atoms with van der Waals surface area (Å²) in [5, 5.41) is 9.04. The first-order valence-electron chi connectivity index (χ1n) is 5.16. The first-order valence-corrected chi connectivity index (χ1v) is 7.96. The van der Waals surface area contributed by atoms with Crippen molar-refractivity contribution in [2.75, 3.05) is 5.32 Å². The molecule has 0 bridgehead atoms. The average molecular weight is 335 g/mol. The maximum absolute atomic E-state index is 13.6. The Kier molecular flexibility index (Phi) is 4.09. The van der Waals surface area contributed by atoms with Crippen molar-refractivity contribution in [2.45, 2.75) is 4.90 Å². The van der Waals surface area contributed by atoms with Crippen molar-refractivity contribution < 1.29 is 17.6 Å². The van der Waals surface area contributed by atoms with Crippen molar-refractivity contribution in [2.24, 2.45) is 5.14 Å². The summed E-state index contributed by atoms with van der Waals surface area (Å²) in [6.45, 7) is 0. The van der Waals surface area contributed by atoms with Crippen LogP contribution in [0.15, 0.2) is 34.5 Å². The highest BCUT2D eigenvalue weighted by Gasteiger charge is 2.16. The molecule has 1 aromatic carbocycles. The molecule has 5 nitrogen and oxygen atoms in total. The van der Waals surface area contributed by atoms with Crippen LogP contribution in [0, 0.1) is 5.82 Å². The van der Waals surface area contributed by atoms with Crippen LogP contribution in [0.4, 0.5) is 10.1 Å². The zero-order valence-electron chi connectivity index (χ0n) is 9.76. The third-order valence-corrected chi connectivity index (χ3v) is 4.59. The van der Waals surface area contributed by atoms with Gasteiger partial charge in [-0.15, -0.1) is 11.3 Å². The first kappa shape index (κ1) is 14.9. The molecular weight excluding hydrogens is 327 g/mol. The number of nitrogens with two attached hydrogens (primary N) is 1. The molecule has 2 rings (SSSR count). The summed E-state index contributed by atoms with van der Waals surface area (Å²) in [7, 11) is -3.98. The number of amides is 1. The Morgan fingerprint density at radius 3 is 2.60 bits per heavy atom. The highest BCUT2D eigenvalue weighted by molar-refractivity contribution is 7.89. The van der Waals surface area contributed by atoms with E-state index < -0.39 is 21.7 Å². The van der Waals surface area contributed by atoms with E-state index in [-0.39, 0.29) is 20.5 Å². The summed E-state index contributed by atoms with van der Waals surface area (Å²) in [5.41, 5.74) is -0.286. The molecule has 0 saturated carbocycles. The lowest BCUT2D eigenvalue weighted by atomic mass is 10.3. The third-order valence-electron chi connectivity index (χ3n) is 2.34. The molecule has 0 atom stereocenters. The largest absolute Gasteiger partial charge is 0.319 e. The topological polar surface area (TPSA) is 89.3 Å². The van der Waals surface area contributed by atoms with E-state index in [4.69, 9.17) is 16.7 Å². The molecule has 1 heterocycles. The standard InChI is InChI=1S/C11H8ClFN2O3S2/c12-7-3-4-19-10(7)11(16)15-9-5-6(20(14,17)18)1-2-8(9)13/h1-5H,(H,15,16)(H2,14,17,18). The molecule has 9 heteroatoms. The van der Waals surface area contributed by atoms with Gasteiger partial charge in [-0.2, -0.15) is 0 Å². The van der Waals surface area contributed by atoms with Crippen molar-refractivity contribution in [1.82, 2.24) is 0 Å². The summed E-state index contributed by atoms with van der Waals surface area (Å²) in [6.07, 6.45) is 0. The quantitative estimate of drug-likeness (QED) is 0.903. The van der Waals surface area contributed by atoms with Gasteiger partial charge < -0.3 is 5.32 Å². The van der Waals surface area contributed by atoms with Gasteiger partial charge in [-0.3, -0.25) is 4.79 Å². The summed E-state index contributed by atoms with van der Waals surface area (Å²) in [6, 6.07) is 4.40. The maximum atomic E-state index is 13.6. The number of hydrogen-bond acceptors (Lipinski definition) is 4. The van der Waals surface area contributed by atoms with E-state index in [0.717, 1.165) is 29.5 Å². The van der Waals surface area contributed by atoms with E-state index in [0.29, 0.717) is 0 Å². The zero-order valence-corrected chi connectivity index (χ0v) is 12.2. The Hall–Kier alpha value is -1.48. The SMILES string of the molecule is NS(=O)(=O)c1ccc(F)c(NC(=O)c2sccc2Cl)c1. The van der Waals surface area contributed by atoms with Gasteiger partial charge in [0.05, 0.1) is 15.6 Å². The van der Waals surface area contributed by atoms with E-state index in [9.17, 15) is 17.6 Å². The van der Waals surface area contributed by atoms with Crippen molar-refractivity contribution >= 4 is 44.6 Å². The predicted octanol–water partition coefficient (Wildman–Crippen LogP) is 2.44. The van der Waals surface area contributed by atoms with E-state index in [1.54, 1.807) is 5.38 Å². The zero-order chi connectivity index (χ0) is 14.9. The van der Waals surface area contributed by atoms with Crippen LogP contribution in [-0.2, 0) is 10.0 Å². The molecule has 0 aliphatic carbocycles. The Bertz CT molecular complexity index is 774. The van der Waals surface area contributed by atoms with Gasteiger partial charge >= 0.3 is 0 Å². The number of rotatable bonds is 3. The van der Waals surface area contributed by atoms with Crippen molar-refractivity contribution in [3.05, 3.63) is 45.4 Å². The maximum Gasteiger partial charge on any atom is 0.267 e. The van der Waals surface area contributed by atoms with Crippen LogP contribution in [0.5, 0.6) is 0 Å². The van der Waals surface area contributed by atoms with E-state index in [2.05, 4.69) is 5.32 Å². The van der Waals surface area contributed by atoms with Gasteiger partial charge in [0.2, 0.25) is 10.0 Å². The minimum atomic E-state index is -3.98. The molecule has 20 heavy (non-hydrogen) atoms. The van der Waals surface area contributed by atoms with Gasteiger partial charge in [0, 0.05) is 0 Å². The molecule has 0 radical (unpaired) electrons. The van der Waals surface area contributed by atoms with Crippen molar-refractivity contribution in [3.8, 4) is 0 Å². The minimum Gasteiger partial charge on any atom is -0.319 e. The van der Waals surface area contributed by atoms with Crippen LogP contribution >= 0.6 is 22.9 Å². The van der Waals surface area contributed by atoms with Crippen LogP contribution in [0.3, 0.4) is 0 Å². The molecular formula is C11H8ClFN2O3S2. The summed E-state index contributed by atoms with van der Waals surface area (Å²) >= 11 is 6.87. The highest BCUT2D eigenvalue weighted by Crippen LogP contribution is 2.25. The number of carbonyl (C=O) groups is 1. The monoisotopic (exact) mass is 334 g/mol. The van der Waals surface area contributed by atoms with Crippen LogP contribution < -0.4 is 10.5 Å². The number of carbonyl (C=O) groups excluding carboxylic acids is 1. The number of sulfonamides is 1. The predicted molar refractivity (Wildman–Crippen MR) is 75.1 cm³/mol. The second-order valence-corrected chi connectivity index (χ2v) is 6.62. The van der Waals surface area contributed by atoms with Crippen LogP contribution in [0.25, 0.3) is 0 Å². The molecule has 0 saturated heterocycles. The van der Waals surface area contributed by atoms with Gasteiger partial charge in [0.1, 0.15) is 10.7 Å². The molecule has 1 amide bonds. The number of primary sulfonamides is 1. The third kappa shape index (κ3) is 3.15.